The van der Waals surface area contributed by atoms with Gasteiger partial charge in [0.1, 0.15) is 11.9 Å². The Morgan fingerprint density at radius 3 is 2.26 bits per heavy atom. The van der Waals surface area contributed by atoms with Gasteiger partial charge in [0.15, 0.2) is 0 Å². The van der Waals surface area contributed by atoms with E-state index < -0.39 is 6.17 Å². The highest BCUT2D eigenvalue weighted by molar-refractivity contribution is 5.28. The van der Waals surface area contributed by atoms with Gasteiger partial charge in [-0.05, 0) is 54.2 Å². The molecule has 100 valence electrons. The van der Waals surface area contributed by atoms with E-state index in [1.165, 1.54) is 12.1 Å². The van der Waals surface area contributed by atoms with Crippen molar-refractivity contribution in [3.8, 4) is 5.75 Å². The average molecular weight is 259 g/mol. The third-order valence-electron chi connectivity index (χ3n) is 3.42. The van der Waals surface area contributed by atoms with Crippen molar-refractivity contribution in [1.29, 1.82) is 0 Å². The highest BCUT2D eigenvalue weighted by Crippen LogP contribution is 2.33. The summed E-state index contributed by atoms with van der Waals surface area (Å²) in [5, 5.41) is 9.22. The van der Waals surface area contributed by atoms with Gasteiger partial charge in [-0.3, -0.25) is 4.98 Å². The van der Waals surface area contributed by atoms with Crippen LogP contribution in [0.1, 0.15) is 43.0 Å². The number of hydrogen-bond acceptors (Lipinski definition) is 2. The Labute approximate surface area is 112 Å². The maximum atomic E-state index is 14.3. The van der Waals surface area contributed by atoms with E-state index in [2.05, 4.69) is 11.9 Å². The van der Waals surface area contributed by atoms with Crippen molar-refractivity contribution in [1.82, 2.24) is 4.98 Å². The van der Waals surface area contributed by atoms with E-state index in [0.29, 0.717) is 12.0 Å². The van der Waals surface area contributed by atoms with Crippen LogP contribution in [0, 0.1) is 0 Å². The van der Waals surface area contributed by atoms with Crippen LogP contribution in [0.4, 0.5) is 4.39 Å². The summed E-state index contributed by atoms with van der Waals surface area (Å²) in [5.74, 6) is 0.351. The molecule has 3 heteroatoms. The van der Waals surface area contributed by atoms with Gasteiger partial charge in [0.05, 0.1) is 0 Å². The minimum absolute atomic E-state index is 0.164. The molecule has 1 aromatic heterocycles. The predicted octanol–water partition coefficient (Wildman–Crippen LogP) is 4.38. The average Bonchev–Trinajstić information content (AvgIpc) is 2.46. The minimum atomic E-state index is -1.02. The van der Waals surface area contributed by atoms with Crippen molar-refractivity contribution < 1.29 is 9.50 Å². The van der Waals surface area contributed by atoms with Gasteiger partial charge in [-0.15, -0.1) is 0 Å². The summed E-state index contributed by atoms with van der Waals surface area (Å²) in [7, 11) is 0. The first-order valence-electron chi connectivity index (χ1n) is 6.53. The Kier molecular flexibility index (Phi) is 4.50. The molecule has 0 aliphatic rings. The van der Waals surface area contributed by atoms with Crippen molar-refractivity contribution in [2.45, 2.75) is 31.9 Å². The number of pyridine rings is 1. The quantitative estimate of drug-likeness (QED) is 0.864. The van der Waals surface area contributed by atoms with Gasteiger partial charge in [0.25, 0.3) is 0 Å². The van der Waals surface area contributed by atoms with Crippen molar-refractivity contribution in [2.75, 3.05) is 0 Å². The minimum Gasteiger partial charge on any atom is -0.508 e. The smallest absolute Gasteiger partial charge is 0.126 e. The third kappa shape index (κ3) is 3.53. The lowest BCUT2D eigenvalue weighted by atomic mass is 9.90. The predicted molar refractivity (Wildman–Crippen MR) is 73.8 cm³/mol. The van der Waals surface area contributed by atoms with Crippen LogP contribution < -0.4 is 0 Å². The van der Waals surface area contributed by atoms with E-state index in [-0.39, 0.29) is 11.7 Å². The standard InChI is InChI=1S/C16H18FNO/c1-2-12(13-7-9-18-10-8-13)11-16(17)14-3-5-15(19)6-4-14/h3-10,12,16,19H,2,11H2,1H3. The van der Waals surface area contributed by atoms with Crippen LogP contribution in [0.5, 0.6) is 5.75 Å². The summed E-state index contributed by atoms with van der Waals surface area (Å²) in [6.45, 7) is 2.06. The molecule has 1 heterocycles. The molecule has 2 aromatic rings. The molecule has 2 rings (SSSR count). The highest BCUT2D eigenvalue weighted by atomic mass is 19.1. The number of aromatic nitrogens is 1. The van der Waals surface area contributed by atoms with Crippen molar-refractivity contribution >= 4 is 0 Å². The highest BCUT2D eigenvalue weighted by Gasteiger charge is 2.17. The van der Waals surface area contributed by atoms with Crippen LogP contribution in [-0.2, 0) is 0 Å². The van der Waals surface area contributed by atoms with Crippen molar-refractivity contribution in [2.24, 2.45) is 0 Å². The molecular weight excluding hydrogens is 241 g/mol. The number of alkyl halides is 1. The fourth-order valence-corrected chi connectivity index (χ4v) is 2.24. The monoisotopic (exact) mass is 259 g/mol. The fraction of sp³-hybridized carbons (Fsp3) is 0.312. The van der Waals surface area contributed by atoms with E-state index in [4.69, 9.17) is 0 Å². The van der Waals surface area contributed by atoms with E-state index >= 15 is 0 Å². The molecule has 0 radical (unpaired) electrons. The van der Waals surface area contributed by atoms with Crippen LogP contribution in [0.3, 0.4) is 0 Å². The molecule has 0 amide bonds. The van der Waals surface area contributed by atoms with Crippen molar-refractivity contribution in [3.63, 3.8) is 0 Å². The molecule has 0 bridgehead atoms. The van der Waals surface area contributed by atoms with Crippen molar-refractivity contribution in [3.05, 3.63) is 59.9 Å². The molecule has 0 fully saturated rings. The van der Waals surface area contributed by atoms with E-state index in [9.17, 15) is 9.50 Å². The first-order chi connectivity index (χ1) is 9.20. The molecule has 1 aromatic carbocycles. The van der Waals surface area contributed by atoms with E-state index in [1.54, 1.807) is 24.5 Å². The molecule has 2 nitrogen and oxygen atoms in total. The number of nitrogens with zero attached hydrogens (tertiary/aromatic N) is 1. The molecule has 2 atom stereocenters. The zero-order chi connectivity index (χ0) is 13.7. The Morgan fingerprint density at radius 1 is 1.05 bits per heavy atom. The number of phenols is 1. The van der Waals surface area contributed by atoms with Gasteiger partial charge in [0, 0.05) is 12.4 Å². The van der Waals surface area contributed by atoms with Gasteiger partial charge < -0.3 is 5.11 Å². The molecular formula is C16H18FNO. The summed E-state index contributed by atoms with van der Waals surface area (Å²) < 4.78 is 14.3. The Hall–Kier alpha value is -1.90. The number of hydrogen-bond donors (Lipinski definition) is 1. The third-order valence-corrected chi connectivity index (χ3v) is 3.42. The van der Waals surface area contributed by atoms with Crippen LogP contribution in [0.2, 0.25) is 0 Å². The van der Waals surface area contributed by atoms with E-state index in [0.717, 1.165) is 12.0 Å². The first kappa shape index (κ1) is 13.5. The van der Waals surface area contributed by atoms with E-state index in [1.807, 2.05) is 12.1 Å². The van der Waals surface area contributed by atoms with Gasteiger partial charge in [-0.2, -0.15) is 0 Å². The maximum absolute atomic E-state index is 14.3. The molecule has 0 spiro atoms. The summed E-state index contributed by atoms with van der Waals surface area (Å²) >= 11 is 0. The molecule has 0 aliphatic heterocycles. The lowest BCUT2D eigenvalue weighted by Gasteiger charge is -2.18. The molecule has 0 saturated heterocycles. The largest absolute Gasteiger partial charge is 0.508 e. The Balaban J connectivity index is 2.08. The Bertz CT molecular complexity index is 498. The zero-order valence-corrected chi connectivity index (χ0v) is 11.0. The molecule has 0 saturated carbocycles. The van der Waals surface area contributed by atoms with Crippen LogP contribution in [0.25, 0.3) is 0 Å². The normalized spacial score (nSPS) is 14.0. The lowest BCUT2D eigenvalue weighted by Crippen LogP contribution is -2.03. The molecule has 0 aliphatic carbocycles. The number of halogens is 1. The number of phenolic OH excluding ortho intramolecular Hbond substituents is 1. The van der Waals surface area contributed by atoms with Crippen LogP contribution >= 0.6 is 0 Å². The topological polar surface area (TPSA) is 33.1 Å². The summed E-state index contributed by atoms with van der Waals surface area (Å²) in [4.78, 5) is 3.99. The summed E-state index contributed by atoms with van der Waals surface area (Å²) in [6, 6.07) is 10.2. The van der Waals surface area contributed by atoms with Crippen LogP contribution in [-0.4, -0.2) is 10.1 Å². The molecule has 2 unspecified atom stereocenters. The second-order valence-electron chi connectivity index (χ2n) is 4.68. The van der Waals surface area contributed by atoms with Crippen LogP contribution in [0.15, 0.2) is 48.8 Å². The Morgan fingerprint density at radius 2 is 1.68 bits per heavy atom. The molecule has 1 N–H and O–H groups in total. The molecule has 19 heavy (non-hydrogen) atoms. The first-order valence-corrected chi connectivity index (χ1v) is 6.53. The second kappa shape index (κ2) is 6.32. The maximum Gasteiger partial charge on any atom is 0.126 e. The number of benzene rings is 1. The SMILES string of the molecule is CCC(CC(F)c1ccc(O)cc1)c1ccncc1. The van der Waals surface area contributed by atoms with Gasteiger partial charge in [-0.25, -0.2) is 4.39 Å². The number of rotatable bonds is 5. The van der Waals surface area contributed by atoms with Gasteiger partial charge in [0.2, 0.25) is 0 Å². The van der Waals surface area contributed by atoms with Gasteiger partial charge >= 0.3 is 0 Å². The summed E-state index contributed by atoms with van der Waals surface area (Å²) in [6.07, 6.45) is 3.81. The fourth-order valence-electron chi connectivity index (χ4n) is 2.24. The summed E-state index contributed by atoms with van der Waals surface area (Å²) in [5.41, 5.74) is 1.74. The lowest BCUT2D eigenvalue weighted by molar-refractivity contribution is 0.299. The zero-order valence-electron chi connectivity index (χ0n) is 11.0. The number of aromatic hydroxyl groups is 1. The second-order valence-corrected chi connectivity index (χ2v) is 4.68. The van der Waals surface area contributed by atoms with Gasteiger partial charge in [-0.1, -0.05) is 19.1 Å².